The predicted molar refractivity (Wildman–Crippen MR) is 54.7 cm³/mol. The summed E-state index contributed by atoms with van der Waals surface area (Å²) in [6.07, 6.45) is 2.89. The summed E-state index contributed by atoms with van der Waals surface area (Å²) >= 11 is 0. The lowest BCUT2D eigenvalue weighted by Crippen LogP contribution is -2.22. The molecule has 15 heavy (non-hydrogen) atoms. The zero-order valence-corrected chi connectivity index (χ0v) is 8.90. The quantitative estimate of drug-likeness (QED) is 0.785. The van der Waals surface area contributed by atoms with E-state index in [4.69, 9.17) is 0 Å². The molecule has 1 N–H and O–H groups in total. The molecule has 0 aromatic carbocycles. The van der Waals surface area contributed by atoms with Crippen LogP contribution in [0.4, 0.5) is 0 Å². The molecule has 0 aliphatic rings. The van der Waals surface area contributed by atoms with Gasteiger partial charge in [-0.15, -0.1) is 10.2 Å². The van der Waals surface area contributed by atoms with E-state index in [1.807, 2.05) is 12.1 Å². The number of hydrogen-bond acceptors (Lipinski definition) is 4. The highest BCUT2D eigenvalue weighted by Crippen LogP contribution is 2.02. The highest BCUT2D eigenvalue weighted by molar-refractivity contribution is 7.88. The molecule has 0 saturated heterocycles. The first kappa shape index (κ1) is 10.1. The fourth-order valence-corrected chi connectivity index (χ4v) is 1.60. The molecule has 0 unspecified atom stereocenters. The number of aromatic nitrogens is 3. The summed E-state index contributed by atoms with van der Waals surface area (Å²) in [5, 5.41) is 7.78. The van der Waals surface area contributed by atoms with Gasteiger partial charge in [0.15, 0.2) is 11.5 Å². The Balaban J connectivity index is 2.29. The van der Waals surface area contributed by atoms with Crippen molar-refractivity contribution in [2.24, 2.45) is 0 Å². The van der Waals surface area contributed by atoms with E-state index in [0.717, 1.165) is 6.26 Å². The molecule has 0 amide bonds. The minimum absolute atomic E-state index is 0.143. The Kier molecular flexibility index (Phi) is 2.41. The first-order valence-corrected chi connectivity index (χ1v) is 6.19. The van der Waals surface area contributed by atoms with Gasteiger partial charge in [-0.2, -0.15) is 0 Å². The molecule has 0 fully saturated rings. The number of pyridine rings is 1. The fraction of sp³-hybridized carbons (Fsp3) is 0.250. The lowest BCUT2D eigenvalue weighted by Gasteiger charge is -2.00. The number of nitrogens with one attached hydrogen (secondary N) is 1. The molecule has 80 valence electrons. The molecule has 0 atom stereocenters. The second kappa shape index (κ2) is 3.59. The van der Waals surface area contributed by atoms with Crippen LogP contribution < -0.4 is 4.72 Å². The van der Waals surface area contributed by atoms with Crippen molar-refractivity contribution in [3.8, 4) is 0 Å². The molecule has 0 saturated carbocycles. The summed E-state index contributed by atoms with van der Waals surface area (Å²) < 4.78 is 25.9. The van der Waals surface area contributed by atoms with Gasteiger partial charge in [-0.3, -0.25) is 4.40 Å². The lowest BCUT2D eigenvalue weighted by atomic mass is 10.5. The Morgan fingerprint density at radius 3 is 2.93 bits per heavy atom. The Hall–Kier alpha value is -1.47. The Morgan fingerprint density at radius 2 is 2.20 bits per heavy atom. The van der Waals surface area contributed by atoms with Crippen LogP contribution in [-0.2, 0) is 16.6 Å². The fourth-order valence-electron chi connectivity index (χ4n) is 1.21. The van der Waals surface area contributed by atoms with Crippen molar-refractivity contribution >= 4 is 15.7 Å². The predicted octanol–water partition coefficient (Wildman–Crippen LogP) is -0.222. The summed E-state index contributed by atoms with van der Waals surface area (Å²) in [5.74, 6) is 0.566. The van der Waals surface area contributed by atoms with Crippen molar-refractivity contribution in [1.29, 1.82) is 0 Å². The van der Waals surface area contributed by atoms with Crippen LogP contribution in [0.1, 0.15) is 5.82 Å². The largest absolute Gasteiger partial charge is 0.285 e. The molecule has 0 radical (unpaired) electrons. The number of hydrogen-bond donors (Lipinski definition) is 1. The van der Waals surface area contributed by atoms with Gasteiger partial charge < -0.3 is 0 Å². The van der Waals surface area contributed by atoms with Gasteiger partial charge in [0, 0.05) is 6.20 Å². The smallest absolute Gasteiger partial charge is 0.209 e. The van der Waals surface area contributed by atoms with E-state index in [9.17, 15) is 8.42 Å². The highest BCUT2D eigenvalue weighted by atomic mass is 32.2. The molecule has 7 heteroatoms. The molecule has 6 nitrogen and oxygen atoms in total. The Labute approximate surface area is 87.0 Å². The second-order valence-corrected chi connectivity index (χ2v) is 4.97. The summed E-state index contributed by atoms with van der Waals surface area (Å²) in [5.41, 5.74) is 0.697. The van der Waals surface area contributed by atoms with E-state index in [1.165, 1.54) is 0 Å². The minimum Gasteiger partial charge on any atom is -0.285 e. The summed E-state index contributed by atoms with van der Waals surface area (Å²) in [7, 11) is -3.20. The van der Waals surface area contributed by atoms with Crippen LogP contribution in [0.2, 0.25) is 0 Å². The topological polar surface area (TPSA) is 76.4 Å². The van der Waals surface area contributed by atoms with Crippen molar-refractivity contribution in [1.82, 2.24) is 19.3 Å². The monoisotopic (exact) mass is 226 g/mol. The van der Waals surface area contributed by atoms with Crippen molar-refractivity contribution in [2.75, 3.05) is 6.26 Å². The molecule has 0 aliphatic carbocycles. The Morgan fingerprint density at radius 1 is 1.40 bits per heavy atom. The van der Waals surface area contributed by atoms with Crippen LogP contribution in [0.5, 0.6) is 0 Å². The zero-order chi connectivity index (χ0) is 10.9. The van der Waals surface area contributed by atoms with E-state index in [2.05, 4.69) is 14.9 Å². The van der Waals surface area contributed by atoms with Crippen molar-refractivity contribution in [2.45, 2.75) is 6.54 Å². The van der Waals surface area contributed by atoms with Gasteiger partial charge in [0.25, 0.3) is 0 Å². The van der Waals surface area contributed by atoms with Gasteiger partial charge in [0.2, 0.25) is 10.0 Å². The number of nitrogens with zero attached hydrogens (tertiary/aromatic N) is 3. The molecule has 2 heterocycles. The van der Waals surface area contributed by atoms with Gasteiger partial charge in [-0.05, 0) is 12.1 Å². The maximum atomic E-state index is 10.9. The minimum atomic E-state index is -3.20. The molecular weight excluding hydrogens is 216 g/mol. The first-order chi connectivity index (χ1) is 7.06. The third-order valence-corrected chi connectivity index (χ3v) is 2.55. The maximum absolute atomic E-state index is 10.9. The average Bonchev–Trinajstić information content (AvgIpc) is 2.57. The molecule has 0 spiro atoms. The molecule has 2 aromatic rings. The number of rotatable bonds is 3. The van der Waals surface area contributed by atoms with Gasteiger partial charge in [0.1, 0.15) is 0 Å². The maximum Gasteiger partial charge on any atom is 0.209 e. The SMILES string of the molecule is CS(=O)(=O)NCc1nnc2ccccn12. The number of fused-ring (bicyclic) bond motifs is 1. The van der Waals surface area contributed by atoms with E-state index in [-0.39, 0.29) is 6.54 Å². The third-order valence-electron chi connectivity index (χ3n) is 1.88. The van der Waals surface area contributed by atoms with Gasteiger partial charge in [0.05, 0.1) is 12.8 Å². The first-order valence-electron chi connectivity index (χ1n) is 4.29. The second-order valence-electron chi connectivity index (χ2n) is 3.14. The van der Waals surface area contributed by atoms with Crippen LogP contribution in [0.15, 0.2) is 24.4 Å². The molecular formula is C8H10N4O2S. The van der Waals surface area contributed by atoms with Gasteiger partial charge >= 0.3 is 0 Å². The van der Waals surface area contributed by atoms with E-state index >= 15 is 0 Å². The van der Waals surface area contributed by atoms with Crippen molar-refractivity contribution in [3.63, 3.8) is 0 Å². The molecule has 0 bridgehead atoms. The van der Waals surface area contributed by atoms with Crippen molar-refractivity contribution in [3.05, 3.63) is 30.2 Å². The van der Waals surface area contributed by atoms with Crippen LogP contribution in [0.3, 0.4) is 0 Å². The summed E-state index contributed by atoms with van der Waals surface area (Å²) in [6.45, 7) is 0.143. The average molecular weight is 226 g/mol. The van der Waals surface area contributed by atoms with Crippen LogP contribution in [-0.4, -0.2) is 29.3 Å². The van der Waals surface area contributed by atoms with Gasteiger partial charge in [-0.25, -0.2) is 13.1 Å². The van der Waals surface area contributed by atoms with Gasteiger partial charge in [-0.1, -0.05) is 6.07 Å². The summed E-state index contributed by atoms with van der Waals surface area (Å²) in [4.78, 5) is 0. The standard InChI is InChI=1S/C8H10N4O2S/c1-15(13,14)9-6-8-11-10-7-4-2-3-5-12(7)8/h2-5,9H,6H2,1H3. The molecule has 0 aliphatic heterocycles. The normalized spacial score (nSPS) is 12.1. The molecule has 2 rings (SSSR count). The lowest BCUT2D eigenvalue weighted by molar-refractivity contribution is 0.585. The van der Waals surface area contributed by atoms with Crippen LogP contribution in [0, 0.1) is 0 Å². The Bertz CT molecular complexity index is 575. The highest BCUT2D eigenvalue weighted by Gasteiger charge is 2.06. The zero-order valence-electron chi connectivity index (χ0n) is 8.08. The number of sulfonamides is 1. The third kappa shape index (κ3) is 2.31. The van der Waals surface area contributed by atoms with E-state index < -0.39 is 10.0 Å². The summed E-state index contributed by atoms with van der Waals surface area (Å²) in [6, 6.07) is 5.48. The van der Waals surface area contributed by atoms with Crippen LogP contribution >= 0.6 is 0 Å². The van der Waals surface area contributed by atoms with E-state index in [1.54, 1.807) is 16.7 Å². The molecule has 2 aromatic heterocycles. The van der Waals surface area contributed by atoms with E-state index in [0.29, 0.717) is 11.5 Å². The van der Waals surface area contributed by atoms with Crippen molar-refractivity contribution < 1.29 is 8.42 Å². The van der Waals surface area contributed by atoms with Crippen LogP contribution in [0.25, 0.3) is 5.65 Å².